The summed E-state index contributed by atoms with van der Waals surface area (Å²) in [5, 5.41) is 0. The van der Waals surface area contributed by atoms with Crippen molar-refractivity contribution in [3.8, 4) is 0 Å². The topological polar surface area (TPSA) is 43.9 Å². The molecule has 1 aromatic carbocycles. The Kier molecular flexibility index (Phi) is 5.41. The second-order valence-electron chi connectivity index (χ2n) is 8.16. The number of nitrogens with zero attached hydrogens (tertiary/aromatic N) is 3. The molecule has 0 aromatic heterocycles. The maximum Gasteiger partial charge on any atom is 0.237 e. The lowest BCUT2D eigenvalue weighted by Crippen LogP contribution is -2.51. The molecule has 144 valence electrons. The minimum absolute atomic E-state index is 0.0372. The Morgan fingerprint density at radius 1 is 0.926 bits per heavy atom. The molecule has 5 heteroatoms. The van der Waals surface area contributed by atoms with Crippen LogP contribution in [0.15, 0.2) is 36.4 Å². The Balaban J connectivity index is 1.24. The van der Waals surface area contributed by atoms with E-state index in [0.29, 0.717) is 13.1 Å². The first kappa shape index (κ1) is 18.4. The molecule has 5 nitrogen and oxygen atoms in total. The van der Waals surface area contributed by atoms with Gasteiger partial charge < -0.3 is 0 Å². The third kappa shape index (κ3) is 3.99. The van der Waals surface area contributed by atoms with Crippen molar-refractivity contribution in [1.82, 2.24) is 14.7 Å². The van der Waals surface area contributed by atoms with E-state index in [1.807, 2.05) is 6.07 Å². The Bertz CT molecular complexity index is 702. The van der Waals surface area contributed by atoms with Gasteiger partial charge in [-0.3, -0.25) is 24.3 Å². The number of rotatable bonds is 5. The fourth-order valence-corrected chi connectivity index (χ4v) is 4.66. The quantitative estimate of drug-likeness (QED) is 0.751. The summed E-state index contributed by atoms with van der Waals surface area (Å²) < 4.78 is 0. The number of imide groups is 1. The maximum atomic E-state index is 12.8. The zero-order chi connectivity index (χ0) is 18.7. The van der Waals surface area contributed by atoms with E-state index in [1.165, 1.54) is 10.5 Å². The molecule has 2 saturated heterocycles. The number of likely N-dealkylation sites (tertiary alicyclic amines) is 1. The predicted molar refractivity (Wildman–Crippen MR) is 106 cm³/mol. The van der Waals surface area contributed by atoms with Gasteiger partial charge in [0.1, 0.15) is 0 Å². The van der Waals surface area contributed by atoms with Crippen LogP contribution >= 0.6 is 0 Å². The molecule has 2 aliphatic heterocycles. The monoisotopic (exact) mass is 367 g/mol. The number of amides is 2. The molecule has 4 rings (SSSR count). The molecule has 3 aliphatic rings. The summed E-state index contributed by atoms with van der Waals surface area (Å²) in [7, 11) is 0. The molecule has 1 aliphatic carbocycles. The molecule has 0 unspecified atom stereocenters. The second-order valence-corrected chi connectivity index (χ2v) is 8.16. The van der Waals surface area contributed by atoms with E-state index in [-0.39, 0.29) is 17.2 Å². The van der Waals surface area contributed by atoms with Gasteiger partial charge in [0.25, 0.3) is 0 Å². The van der Waals surface area contributed by atoms with E-state index < -0.39 is 0 Å². The summed E-state index contributed by atoms with van der Waals surface area (Å²) in [6.45, 7) is 5.17. The van der Waals surface area contributed by atoms with E-state index in [0.717, 1.165) is 58.4 Å². The summed E-state index contributed by atoms with van der Waals surface area (Å²) in [5.41, 5.74) is 0.879. The van der Waals surface area contributed by atoms with Crippen molar-refractivity contribution in [2.45, 2.75) is 32.1 Å². The van der Waals surface area contributed by atoms with Crippen LogP contribution in [0, 0.1) is 5.41 Å². The minimum Gasteiger partial charge on any atom is -0.297 e. The Morgan fingerprint density at radius 3 is 2.30 bits per heavy atom. The first-order valence-corrected chi connectivity index (χ1v) is 10.2. The van der Waals surface area contributed by atoms with E-state index >= 15 is 0 Å². The molecule has 2 heterocycles. The van der Waals surface area contributed by atoms with Crippen LogP contribution in [0.5, 0.6) is 0 Å². The van der Waals surface area contributed by atoms with E-state index in [9.17, 15) is 9.59 Å². The zero-order valence-corrected chi connectivity index (χ0v) is 16.0. The molecule has 0 N–H and O–H groups in total. The van der Waals surface area contributed by atoms with Crippen LogP contribution in [-0.4, -0.2) is 65.9 Å². The molecular formula is C22H29N3O2. The van der Waals surface area contributed by atoms with Gasteiger partial charge in [-0.25, -0.2) is 0 Å². The molecule has 0 radical (unpaired) electrons. The van der Waals surface area contributed by atoms with E-state index in [4.69, 9.17) is 0 Å². The fourth-order valence-electron chi connectivity index (χ4n) is 4.66. The summed E-state index contributed by atoms with van der Waals surface area (Å²) in [4.78, 5) is 31.4. The third-order valence-corrected chi connectivity index (χ3v) is 6.33. The average Bonchev–Trinajstić information content (AvgIpc) is 3.25. The van der Waals surface area contributed by atoms with Crippen LogP contribution in [0.3, 0.4) is 0 Å². The number of hydrogen-bond acceptors (Lipinski definition) is 4. The van der Waals surface area contributed by atoms with Crippen LogP contribution in [0.4, 0.5) is 0 Å². The maximum absolute atomic E-state index is 12.8. The van der Waals surface area contributed by atoms with Crippen LogP contribution in [0.2, 0.25) is 0 Å². The highest BCUT2D eigenvalue weighted by Crippen LogP contribution is 2.46. The number of carbonyl (C=O) groups is 2. The SMILES string of the molecule is O=C1CC2(CCCC2)C(=O)N1CN1CCN(CC=Cc2ccccc2)CC1. The van der Waals surface area contributed by atoms with Gasteiger partial charge in [-0.2, -0.15) is 0 Å². The third-order valence-electron chi connectivity index (χ3n) is 6.33. The lowest BCUT2D eigenvalue weighted by Gasteiger charge is -2.36. The lowest BCUT2D eigenvalue weighted by molar-refractivity contribution is -0.144. The molecule has 27 heavy (non-hydrogen) atoms. The number of hydrogen-bond donors (Lipinski definition) is 0. The standard InChI is InChI=1S/C22H29N3O2/c26-20-17-22(10-4-5-11-22)21(27)25(20)18-24-15-13-23(14-16-24)12-6-9-19-7-2-1-3-8-19/h1-3,6-9H,4-5,10-18H2. The number of carbonyl (C=O) groups excluding carboxylic acids is 2. The average molecular weight is 367 g/mol. The van der Waals surface area contributed by atoms with Gasteiger partial charge in [-0.15, -0.1) is 0 Å². The fraction of sp³-hybridized carbons (Fsp3) is 0.545. The smallest absolute Gasteiger partial charge is 0.237 e. The number of piperazine rings is 1. The summed E-state index contributed by atoms with van der Waals surface area (Å²) in [6, 6.07) is 10.3. The van der Waals surface area contributed by atoms with Crippen molar-refractivity contribution < 1.29 is 9.59 Å². The van der Waals surface area contributed by atoms with E-state index in [2.05, 4.69) is 46.2 Å². The molecule has 1 spiro atoms. The Morgan fingerprint density at radius 2 is 1.59 bits per heavy atom. The van der Waals surface area contributed by atoms with Gasteiger partial charge in [0.15, 0.2) is 0 Å². The molecule has 1 aromatic rings. The van der Waals surface area contributed by atoms with Gasteiger partial charge in [-0.05, 0) is 18.4 Å². The molecule has 0 bridgehead atoms. The van der Waals surface area contributed by atoms with Crippen molar-refractivity contribution in [2.24, 2.45) is 5.41 Å². The number of benzene rings is 1. The zero-order valence-electron chi connectivity index (χ0n) is 16.0. The minimum atomic E-state index is -0.346. The lowest BCUT2D eigenvalue weighted by atomic mass is 9.85. The van der Waals surface area contributed by atoms with Gasteiger partial charge in [0, 0.05) is 39.1 Å². The molecule has 0 atom stereocenters. The van der Waals surface area contributed by atoms with E-state index in [1.54, 1.807) is 0 Å². The summed E-state index contributed by atoms with van der Waals surface area (Å²) >= 11 is 0. The summed E-state index contributed by atoms with van der Waals surface area (Å²) in [5.74, 6) is 0.133. The Labute approximate surface area is 161 Å². The van der Waals surface area contributed by atoms with Gasteiger partial charge in [-0.1, -0.05) is 55.3 Å². The first-order chi connectivity index (χ1) is 13.2. The van der Waals surface area contributed by atoms with Crippen molar-refractivity contribution >= 4 is 17.9 Å². The normalized spacial score (nSPS) is 23.9. The van der Waals surface area contributed by atoms with Crippen molar-refractivity contribution in [1.29, 1.82) is 0 Å². The first-order valence-electron chi connectivity index (χ1n) is 10.2. The highest BCUT2D eigenvalue weighted by molar-refractivity contribution is 6.06. The van der Waals surface area contributed by atoms with Crippen LogP contribution < -0.4 is 0 Å². The Hall–Kier alpha value is -1.98. The van der Waals surface area contributed by atoms with Crippen LogP contribution in [0.25, 0.3) is 6.08 Å². The van der Waals surface area contributed by atoms with Crippen molar-refractivity contribution in [3.63, 3.8) is 0 Å². The summed E-state index contributed by atoms with van der Waals surface area (Å²) in [6.07, 6.45) is 8.78. The van der Waals surface area contributed by atoms with Crippen LogP contribution in [0.1, 0.15) is 37.7 Å². The van der Waals surface area contributed by atoms with Crippen molar-refractivity contribution in [2.75, 3.05) is 39.4 Å². The predicted octanol–water partition coefficient (Wildman–Crippen LogP) is 2.59. The molecule has 2 amide bonds. The van der Waals surface area contributed by atoms with Gasteiger partial charge >= 0.3 is 0 Å². The second kappa shape index (κ2) is 7.95. The molecular weight excluding hydrogens is 338 g/mol. The van der Waals surface area contributed by atoms with Gasteiger partial charge in [0.05, 0.1) is 12.1 Å². The van der Waals surface area contributed by atoms with Gasteiger partial charge in [0.2, 0.25) is 11.8 Å². The van der Waals surface area contributed by atoms with Crippen molar-refractivity contribution in [3.05, 3.63) is 42.0 Å². The molecule has 1 saturated carbocycles. The largest absolute Gasteiger partial charge is 0.297 e. The molecule has 3 fully saturated rings. The highest BCUT2D eigenvalue weighted by atomic mass is 16.2. The highest BCUT2D eigenvalue weighted by Gasteiger charge is 2.52. The van der Waals surface area contributed by atoms with Crippen LogP contribution in [-0.2, 0) is 9.59 Å².